The van der Waals surface area contributed by atoms with Crippen LogP contribution in [0.25, 0.3) is 11.0 Å². The summed E-state index contributed by atoms with van der Waals surface area (Å²) in [5.74, 6) is 0.140. The van der Waals surface area contributed by atoms with E-state index in [2.05, 4.69) is 5.32 Å². The van der Waals surface area contributed by atoms with E-state index in [4.69, 9.17) is 13.9 Å². The number of benzene rings is 1. The Morgan fingerprint density at radius 3 is 2.93 bits per heavy atom. The predicted molar refractivity (Wildman–Crippen MR) is 107 cm³/mol. The molecule has 4 rings (SSSR count). The number of fused-ring (bicyclic) bond motifs is 2. The number of carbonyl (C=O) groups is 2. The van der Waals surface area contributed by atoms with Gasteiger partial charge in [0.25, 0.3) is 0 Å². The molecule has 0 bridgehead atoms. The highest BCUT2D eigenvalue weighted by atomic mass is 32.1. The second kappa shape index (κ2) is 7.67. The van der Waals surface area contributed by atoms with Crippen molar-refractivity contribution in [1.29, 1.82) is 0 Å². The number of carbonyl (C=O) groups excluding carboxylic acids is 2. The van der Waals surface area contributed by atoms with Crippen LogP contribution < -0.4 is 10.1 Å². The molecule has 1 N–H and O–H groups in total. The Balaban J connectivity index is 1.57. The van der Waals surface area contributed by atoms with E-state index in [-0.39, 0.29) is 18.3 Å². The monoisotopic (exact) mass is 399 g/mol. The largest absolute Gasteiger partial charge is 0.497 e. The number of furan rings is 1. The minimum atomic E-state index is -0.365. The van der Waals surface area contributed by atoms with Crippen molar-refractivity contribution in [2.45, 2.75) is 32.6 Å². The number of nitrogens with one attached hydrogen (secondary N) is 1. The van der Waals surface area contributed by atoms with Crippen molar-refractivity contribution in [2.75, 3.05) is 19.0 Å². The molecule has 1 aromatic carbocycles. The van der Waals surface area contributed by atoms with Crippen molar-refractivity contribution in [1.82, 2.24) is 0 Å². The summed E-state index contributed by atoms with van der Waals surface area (Å²) in [5.41, 5.74) is 3.02. The first-order valence-corrected chi connectivity index (χ1v) is 10.1. The fraction of sp³-hybridized carbons (Fsp3) is 0.333. The molecule has 6 nitrogen and oxygen atoms in total. The van der Waals surface area contributed by atoms with Gasteiger partial charge in [-0.15, -0.1) is 11.3 Å². The molecule has 0 unspecified atom stereocenters. The molecule has 7 heteroatoms. The molecule has 0 fully saturated rings. The van der Waals surface area contributed by atoms with Gasteiger partial charge >= 0.3 is 5.97 Å². The van der Waals surface area contributed by atoms with Crippen molar-refractivity contribution >= 4 is 39.2 Å². The van der Waals surface area contributed by atoms with E-state index in [0.717, 1.165) is 40.7 Å². The Labute approximate surface area is 166 Å². The maximum Gasteiger partial charge on any atom is 0.341 e. The lowest BCUT2D eigenvalue weighted by Gasteiger charge is -2.08. The predicted octanol–water partition coefficient (Wildman–Crippen LogP) is 4.35. The SMILES string of the molecule is CCOC(=O)c1c(NC(=O)Cc2coc3ccc(OC)cc23)sc2c1CCC2. The number of ether oxygens (including phenoxy) is 2. The maximum absolute atomic E-state index is 12.7. The van der Waals surface area contributed by atoms with Crippen molar-refractivity contribution in [3.05, 3.63) is 46.0 Å². The Morgan fingerprint density at radius 1 is 1.29 bits per heavy atom. The van der Waals surface area contributed by atoms with Crippen LogP contribution in [-0.4, -0.2) is 25.6 Å². The van der Waals surface area contributed by atoms with E-state index in [9.17, 15) is 9.59 Å². The highest BCUT2D eigenvalue weighted by Gasteiger charge is 2.28. The molecule has 1 aliphatic carbocycles. The van der Waals surface area contributed by atoms with E-state index < -0.39 is 0 Å². The molecule has 0 aliphatic heterocycles. The first kappa shape index (κ1) is 18.6. The van der Waals surface area contributed by atoms with Gasteiger partial charge in [0.05, 0.1) is 32.0 Å². The van der Waals surface area contributed by atoms with Crippen molar-refractivity contribution in [3.8, 4) is 5.75 Å². The Bertz CT molecular complexity index is 1050. The van der Waals surface area contributed by atoms with Crippen LogP contribution in [0.15, 0.2) is 28.9 Å². The summed E-state index contributed by atoms with van der Waals surface area (Å²) >= 11 is 1.48. The molecule has 2 aromatic heterocycles. The summed E-state index contributed by atoms with van der Waals surface area (Å²) in [6.07, 6.45) is 4.55. The number of hydrogen-bond donors (Lipinski definition) is 1. The van der Waals surface area contributed by atoms with Crippen molar-refractivity contribution in [3.63, 3.8) is 0 Å². The fourth-order valence-electron chi connectivity index (χ4n) is 3.58. The van der Waals surface area contributed by atoms with Crippen molar-refractivity contribution in [2.24, 2.45) is 0 Å². The first-order valence-electron chi connectivity index (χ1n) is 9.26. The smallest absolute Gasteiger partial charge is 0.341 e. The summed E-state index contributed by atoms with van der Waals surface area (Å²) in [6.45, 7) is 2.08. The quantitative estimate of drug-likeness (QED) is 0.624. The number of anilines is 1. The molecule has 1 aliphatic rings. The molecule has 0 spiro atoms. The van der Waals surface area contributed by atoms with Crippen LogP contribution in [-0.2, 0) is 28.8 Å². The van der Waals surface area contributed by atoms with Crippen LogP contribution in [0.1, 0.15) is 39.7 Å². The van der Waals surface area contributed by atoms with Gasteiger partial charge in [-0.05, 0) is 49.9 Å². The topological polar surface area (TPSA) is 77.8 Å². The molecule has 2 heterocycles. The minimum Gasteiger partial charge on any atom is -0.497 e. The zero-order valence-electron chi connectivity index (χ0n) is 15.8. The van der Waals surface area contributed by atoms with Crippen LogP contribution in [0.4, 0.5) is 5.00 Å². The zero-order chi connectivity index (χ0) is 19.7. The Morgan fingerprint density at radius 2 is 2.14 bits per heavy atom. The summed E-state index contributed by atoms with van der Waals surface area (Å²) in [4.78, 5) is 26.3. The number of thiophene rings is 1. The summed E-state index contributed by atoms with van der Waals surface area (Å²) in [5, 5.41) is 4.34. The van der Waals surface area contributed by atoms with Gasteiger partial charge in [0.1, 0.15) is 16.3 Å². The average molecular weight is 399 g/mol. The van der Waals surface area contributed by atoms with Gasteiger partial charge in [-0.2, -0.15) is 0 Å². The first-order chi connectivity index (χ1) is 13.6. The number of methoxy groups -OCH3 is 1. The van der Waals surface area contributed by atoms with Crippen LogP contribution >= 0.6 is 11.3 Å². The lowest BCUT2D eigenvalue weighted by molar-refractivity contribution is -0.115. The van der Waals surface area contributed by atoms with Crippen LogP contribution in [0.2, 0.25) is 0 Å². The third-order valence-corrected chi connectivity index (χ3v) is 6.07. The molecular weight excluding hydrogens is 378 g/mol. The van der Waals surface area contributed by atoms with E-state index in [0.29, 0.717) is 28.5 Å². The van der Waals surface area contributed by atoms with E-state index in [1.807, 2.05) is 18.2 Å². The summed E-state index contributed by atoms with van der Waals surface area (Å²) < 4.78 is 16.0. The second-order valence-electron chi connectivity index (χ2n) is 6.63. The van der Waals surface area contributed by atoms with Gasteiger partial charge in [0.2, 0.25) is 5.91 Å². The minimum absolute atomic E-state index is 0.144. The second-order valence-corrected chi connectivity index (χ2v) is 7.74. The van der Waals surface area contributed by atoms with E-state index >= 15 is 0 Å². The molecular formula is C21H21NO5S. The third-order valence-electron chi connectivity index (χ3n) is 4.87. The normalized spacial score (nSPS) is 12.8. The van der Waals surface area contributed by atoms with Crippen molar-refractivity contribution < 1.29 is 23.5 Å². The van der Waals surface area contributed by atoms with Gasteiger partial charge in [0.15, 0.2) is 0 Å². The zero-order valence-corrected chi connectivity index (χ0v) is 16.6. The lowest BCUT2D eigenvalue weighted by atomic mass is 10.1. The molecule has 0 saturated heterocycles. The standard InChI is InChI=1S/C21H21NO5S/c1-3-26-21(24)19-14-5-4-6-17(14)28-20(19)22-18(23)9-12-11-27-16-8-7-13(25-2)10-15(12)16/h7-8,10-11H,3-6,9H2,1-2H3,(H,22,23). The van der Waals surface area contributed by atoms with Crippen LogP contribution in [0.5, 0.6) is 5.75 Å². The number of rotatable bonds is 6. The van der Waals surface area contributed by atoms with Gasteiger partial charge in [0, 0.05) is 15.8 Å². The number of hydrogen-bond acceptors (Lipinski definition) is 6. The summed E-state index contributed by atoms with van der Waals surface area (Å²) in [7, 11) is 1.60. The van der Waals surface area contributed by atoms with Gasteiger partial charge < -0.3 is 19.2 Å². The average Bonchev–Trinajstić information content (AvgIpc) is 3.36. The fourth-order valence-corrected chi connectivity index (χ4v) is 4.87. The lowest BCUT2D eigenvalue weighted by Crippen LogP contribution is -2.16. The van der Waals surface area contributed by atoms with E-state index in [1.54, 1.807) is 20.3 Å². The Hall–Kier alpha value is -2.80. The molecule has 0 saturated carbocycles. The van der Waals surface area contributed by atoms with Crippen LogP contribution in [0.3, 0.4) is 0 Å². The highest BCUT2D eigenvalue weighted by Crippen LogP contribution is 2.39. The maximum atomic E-state index is 12.7. The van der Waals surface area contributed by atoms with Gasteiger partial charge in [-0.1, -0.05) is 0 Å². The van der Waals surface area contributed by atoms with Gasteiger partial charge in [-0.25, -0.2) is 4.79 Å². The van der Waals surface area contributed by atoms with Crippen LogP contribution in [0, 0.1) is 0 Å². The number of esters is 1. The summed E-state index contributed by atoms with van der Waals surface area (Å²) in [6, 6.07) is 5.48. The Kier molecular flexibility index (Phi) is 5.09. The molecule has 0 atom stereocenters. The van der Waals surface area contributed by atoms with E-state index in [1.165, 1.54) is 11.3 Å². The molecule has 3 aromatic rings. The molecule has 28 heavy (non-hydrogen) atoms. The molecule has 1 amide bonds. The third kappa shape index (κ3) is 3.38. The number of amides is 1. The number of aryl methyl sites for hydroxylation is 1. The highest BCUT2D eigenvalue weighted by molar-refractivity contribution is 7.17. The molecule has 146 valence electrons. The molecule has 0 radical (unpaired) electrons. The van der Waals surface area contributed by atoms with Gasteiger partial charge in [-0.3, -0.25) is 4.79 Å².